The van der Waals surface area contributed by atoms with Crippen LogP contribution in [0.2, 0.25) is 0 Å². The summed E-state index contributed by atoms with van der Waals surface area (Å²) in [5.41, 5.74) is -0.352. The molecule has 8 nitrogen and oxygen atoms in total. The maximum Gasteiger partial charge on any atom is 0.408 e. The van der Waals surface area contributed by atoms with Gasteiger partial charge in [-0.25, -0.2) is 9.59 Å². The fourth-order valence-electron chi connectivity index (χ4n) is 3.58. The molecule has 0 aliphatic carbocycles. The maximum absolute atomic E-state index is 13.1. The van der Waals surface area contributed by atoms with Gasteiger partial charge in [0.2, 0.25) is 11.2 Å². The monoisotopic (exact) mass is 501 g/mol. The minimum Gasteiger partial charge on any atom is -0.457 e. The van der Waals surface area contributed by atoms with Gasteiger partial charge in [-0.15, -0.1) is 0 Å². The van der Waals surface area contributed by atoms with Gasteiger partial charge in [-0.2, -0.15) is 0 Å². The Kier molecular flexibility index (Phi) is 7.29. The number of carbonyl (C=O) groups is 2. The van der Waals surface area contributed by atoms with Crippen molar-refractivity contribution >= 4 is 23.0 Å². The highest BCUT2D eigenvalue weighted by atomic mass is 16.6. The Morgan fingerprint density at radius 2 is 1.54 bits per heavy atom. The zero-order valence-corrected chi connectivity index (χ0v) is 20.9. The van der Waals surface area contributed by atoms with Crippen molar-refractivity contribution in [3.63, 3.8) is 0 Å². The first-order chi connectivity index (χ1) is 17.6. The van der Waals surface area contributed by atoms with Crippen LogP contribution in [0.3, 0.4) is 0 Å². The van der Waals surface area contributed by atoms with Gasteiger partial charge in [0.15, 0.2) is 6.04 Å². The van der Waals surface area contributed by atoms with Gasteiger partial charge in [-0.05, 0) is 57.5 Å². The van der Waals surface area contributed by atoms with E-state index in [-0.39, 0.29) is 33.7 Å². The van der Waals surface area contributed by atoms with Crippen molar-refractivity contribution in [2.45, 2.75) is 39.3 Å². The summed E-state index contributed by atoms with van der Waals surface area (Å²) in [4.78, 5) is 38.6. The van der Waals surface area contributed by atoms with Gasteiger partial charge in [0.05, 0.1) is 5.39 Å². The molecule has 0 saturated carbocycles. The number of carbonyl (C=O) groups excluding carboxylic acids is 2. The summed E-state index contributed by atoms with van der Waals surface area (Å²) in [5, 5.41) is 2.84. The van der Waals surface area contributed by atoms with Gasteiger partial charge in [-0.3, -0.25) is 4.79 Å². The Balaban J connectivity index is 1.59. The van der Waals surface area contributed by atoms with Crippen LogP contribution in [-0.4, -0.2) is 17.7 Å². The predicted molar refractivity (Wildman–Crippen MR) is 138 cm³/mol. The van der Waals surface area contributed by atoms with Crippen LogP contribution in [0.1, 0.15) is 38.1 Å². The van der Waals surface area contributed by atoms with Gasteiger partial charge in [0, 0.05) is 6.07 Å². The van der Waals surface area contributed by atoms with E-state index in [1.54, 1.807) is 82.3 Å². The molecule has 1 heterocycles. The highest BCUT2D eigenvalue weighted by Gasteiger charge is 2.28. The first-order valence-corrected chi connectivity index (χ1v) is 11.7. The first-order valence-electron chi connectivity index (χ1n) is 11.7. The van der Waals surface area contributed by atoms with Crippen molar-refractivity contribution in [2.75, 3.05) is 0 Å². The largest absolute Gasteiger partial charge is 0.457 e. The van der Waals surface area contributed by atoms with E-state index in [0.717, 1.165) is 0 Å². The Bertz CT molecular complexity index is 1470. The number of rotatable bonds is 6. The van der Waals surface area contributed by atoms with Crippen LogP contribution in [-0.2, 0) is 9.53 Å². The van der Waals surface area contributed by atoms with Crippen molar-refractivity contribution in [1.29, 1.82) is 0 Å². The molecule has 1 atom stereocenters. The maximum atomic E-state index is 13.1. The zero-order chi connectivity index (χ0) is 26.6. The molecule has 8 heteroatoms. The third-order valence-electron chi connectivity index (χ3n) is 5.20. The molecule has 1 amide bonds. The normalized spacial score (nSPS) is 12.0. The standard InChI is InChI=1S/C29H27NO7/c1-18-26(35-20-13-9-6-10-14-20)25(31)22-16-15-21(17-23(22)34-18)36-27(32)24(19-11-7-5-8-12-19)30-28(33)37-29(2,3)4/h5-17,24H,1-4H3,(H,30,33)/t24-/m0/s1. The summed E-state index contributed by atoms with van der Waals surface area (Å²) < 4.78 is 22.5. The Hall–Kier alpha value is -4.59. The van der Waals surface area contributed by atoms with Gasteiger partial charge in [0.1, 0.15) is 28.4 Å². The second kappa shape index (κ2) is 10.6. The fraction of sp³-hybridized carbons (Fsp3) is 0.207. The van der Waals surface area contributed by atoms with Crippen LogP contribution in [0.5, 0.6) is 17.2 Å². The molecule has 4 aromatic rings. The van der Waals surface area contributed by atoms with E-state index in [4.69, 9.17) is 18.6 Å². The molecule has 0 unspecified atom stereocenters. The van der Waals surface area contributed by atoms with Gasteiger partial charge in [0.25, 0.3) is 0 Å². The van der Waals surface area contributed by atoms with E-state index in [2.05, 4.69) is 5.32 Å². The van der Waals surface area contributed by atoms with Gasteiger partial charge < -0.3 is 23.9 Å². The van der Waals surface area contributed by atoms with E-state index in [1.165, 1.54) is 18.2 Å². The van der Waals surface area contributed by atoms with E-state index >= 15 is 0 Å². The average Bonchev–Trinajstić information content (AvgIpc) is 2.85. The number of nitrogens with one attached hydrogen (secondary N) is 1. The molecule has 0 saturated heterocycles. The Labute approximate surface area is 213 Å². The Morgan fingerprint density at radius 3 is 2.19 bits per heavy atom. The minimum absolute atomic E-state index is 0.0779. The third-order valence-corrected chi connectivity index (χ3v) is 5.20. The molecule has 1 aromatic heterocycles. The molecule has 0 fully saturated rings. The SMILES string of the molecule is Cc1oc2cc(OC(=O)[C@@H](NC(=O)OC(C)(C)C)c3ccccc3)ccc2c(=O)c1Oc1ccccc1. The third kappa shape index (κ3) is 6.35. The van der Waals surface area contributed by atoms with Crippen molar-refractivity contribution in [2.24, 2.45) is 0 Å². The molecule has 0 spiro atoms. The number of hydrogen-bond donors (Lipinski definition) is 1. The van der Waals surface area contributed by atoms with Crippen LogP contribution in [0.15, 0.2) is 88.1 Å². The number of hydrogen-bond acceptors (Lipinski definition) is 7. The lowest BCUT2D eigenvalue weighted by molar-refractivity contribution is -0.137. The van der Waals surface area contributed by atoms with Crippen LogP contribution in [0.25, 0.3) is 11.0 Å². The van der Waals surface area contributed by atoms with E-state index in [9.17, 15) is 14.4 Å². The summed E-state index contributed by atoms with van der Waals surface area (Å²) in [6.45, 7) is 6.80. The van der Waals surface area contributed by atoms with Gasteiger partial charge in [-0.1, -0.05) is 48.5 Å². The van der Waals surface area contributed by atoms with Crippen LogP contribution in [0, 0.1) is 6.92 Å². The summed E-state index contributed by atoms with van der Waals surface area (Å²) in [5.74, 6) is 0.267. The van der Waals surface area contributed by atoms with Crippen molar-refractivity contribution in [3.05, 3.63) is 100 Å². The van der Waals surface area contributed by atoms with Crippen LogP contribution >= 0.6 is 0 Å². The second-order valence-electron chi connectivity index (χ2n) is 9.30. The summed E-state index contributed by atoms with van der Waals surface area (Å²) in [6, 6.07) is 20.9. The molecule has 4 rings (SSSR count). The lowest BCUT2D eigenvalue weighted by Crippen LogP contribution is -2.39. The number of para-hydroxylation sites is 1. The summed E-state index contributed by atoms with van der Waals surface area (Å²) in [6.07, 6.45) is -0.760. The molecule has 190 valence electrons. The number of alkyl carbamates (subject to hydrolysis) is 1. The van der Waals surface area contributed by atoms with Crippen molar-refractivity contribution < 1.29 is 28.2 Å². The topological polar surface area (TPSA) is 104 Å². The fourth-order valence-corrected chi connectivity index (χ4v) is 3.58. The smallest absolute Gasteiger partial charge is 0.408 e. The molecule has 0 bridgehead atoms. The number of esters is 1. The number of ether oxygens (including phenoxy) is 3. The number of benzene rings is 3. The van der Waals surface area contributed by atoms with Crippen LogP contribution in [0.4, 0.5) is 4.79 Å². The van der Waals surface area contributed by atoms with E-state index in [0.29, 0.717) is 11.3 Å². The highest BCUT2D eigenvalue weighted by molar-refractivity contribution is 5.86. The lowest BCUT2D eigenvalue weighted by Gasteiger charge is -2.23. The first kappa shape index (κ1) is 25.5. The zero-order valence-electron chi connectivity index (χ0n) is 20.9. The lowest BCUT2D eigenvalue weighted by atomic mass is 10.1. The van der Waals surface area contributed by atoms with Crippen LogP contribution < -0.4 is 20.2 Å². The molecule has 0 aliphatic rings. The minimum atomic E-state index is -1.12. The summed E-state index contributed by atoms with van der Waals surface area (Å²) in [7, 11) is 0. The molecule has 1 N–H and O–H groups in total. The molecule has 37 heavy (non-hydrogen) atoms. The van der Waals surface area contributed by atoms with Crippen molar-refractivity contribution in [1.82, 2.24) is 5.32 Å². The number of fused-ring (bicyclic) bond motifs is 1. The molecule has 0 aliphatic heterocycles. The van der Waals surface area contributed by atoms with E-state index < -0.39 is 23.7 Å². The molecule has 0 radical (unpaired) electrons. The highest BCUT2D eigenvalue weighted by Crippen LogP contribution is 2.28. The predicted octanol–water partition coefficient (Wildman–Crippen LogP) is 6.07. The van der Waals surface area contributed by atoms with E-state index in [1.807, 2.05) is 6.07 Å². The second-order valence-corrected chi connectivity index (χ2v) is 9.30. The Morgan fingerprint density at radius 1 is 0.892 bits per heavy atom. The summed E-state index contributed by atoms with van der Waals surface area (Å²) >= 11 is 0. The number of amides is 1. The molecule has 3 aromatic carbocycles. The molecular weight excluding hydrogens is 474 g/mol. The quantitative estimate of drug-likeness (QED) is 0.253. The molecular formula is C29H27NO7. The number of aryl methyl sites for hydroxylation is 1. The average molecular weight is 502 g/mol. The van der Waals surface area contributed by atoms with Crippen molar-refractivity contribution in [3.8, 4) is 17.2 Å². The van der Waals surface area contributed by atoms with Gasteiger partial charge >= 0.3 is 12.1 Å².